The number of carbonyl (C=O) groups is 2. The molecule has 0 atom stereocenters. The van der Waals surface area contributed by atoms with Crippen molar-refractivity contribution in [1.29, 1.82) is 0 Å². The van der Waals surface area contributed by atoms with Crippen LogP contribution in [0.25, 0.3) is 15.9 Å². The average molecular weight is 505 g/mol. The van der Waals surface area contributed by atoms with E-state index in [9.17, 15) is 19.7 Å². The highest BCUT2D eigenvalue weighted by molar-refractivity contribution is 7.20. The molecule has 0 saturated heterocycles. The number of nitro benzene ring substituents is 1. The number of nitrogens with zero attached hydrogens (tertiary/aromatic N) is 3. The second kappa shape index (κ2) is 9.18. The molecule has 2 heterocycles. The van der Waals surface area contributed by atoms with Crippen LogP contribution in [0.4, 0.5) is 11.4 Å². The summed E-state index contributed by atoms with van der Waals surface area (Å²) in [7, 11) is 0. The first-order valence-electron chi connectivity index (χ1n) is 9.39. The van der Waals surface area contributed by atoms with Gasteiger partial charge in [-0.15, -0.1) is 11.3 Å². The molecule has 2 aromatic carbocycles. The first kappa shape index (κ1) is 22.7. The van der Waals surface area contributed by atoms with Gasteiger partial charge in [-0.1, -0.05) is 23.2 Å². The molecule has 1 N–H and O–H groups in total. The SMILES string of the molecule is Cc1nn(-c2ccc(Cl)cc2)c2sc(C(=O)OCC(=O)Nc3ccc(Cl)c([N+](=O)[O-])c3)cc12. The van der Waals surface area contributed by atoms with Crippen molar-refractivity contribution < 1.29 is 19.2 Å². The first-order valence-corrected chi connectivity index (χ1v) is 11.0. The Morgan fingerprint density at radius 1 is 1.18 bits per heavy atom. The van der Waals surface area contributed by atoms with E-state index in [1.54, 1.807) is 22.9 Å². The molecule has 4 aromatic rings. The molecule has 2 aromatic heterocycles. The van der Waals surface area contributed by atoms with Crippen molar-refractivity contribution in [1.82, 2.24) is 9.78 Å². The van der Waals surface area contributed by atoms with Crippen LogP contribution in [0.3, 0.4) is 0 Å². The average Bonchev–Trinajstić information content (AvgIpc) is 3.34. The van der Waals surface area contributed by atoms with E-state index in [2.05, 4.69) is 10.4 Å². The molecule has 4 rings (SSSR count). The number of esters is 1. The lowest BCUT2D eigenvalue weighted by atomic mass is 10.3. The molecule has 0 aliphatic rings. The quantitative estimate of drug-likeness (QED) is 0.213. The third-order valence-corrected chi connectivity index (χ3v) is 6.24. The number of ether oxygens (including phenoxy) is 1. The van der Waals surface area contributed by atoms with Crippen molar-refractivity contribution in [2.24, 2.45) is 0 Å². The maximum Gasteiger partial charge on any atom is 0.348 e. The topological polar surface area (TPSA) is 116 Å². The summed E-state index contributed by atoms with van der Waals surface area (Å²) in [6, 6.07) is 12.6. The van der Waals surface area contributed by atoms with Crippen LogP contribution in [-0.4, -0.2) is 33.2 Å². The molecule has 0 aliphatic carbocycles. The second-order valence-corrected chi connectivity index (χ2v) is 8.73. The van der Waals surface area contributed by atoms with Gasteiger partial charge < -0.3 is 10.1 Å². The maximum atomic E-state index is 12.5. The third kappa shape index (κ3) is 4.82. The van der Waals surface area contributed by atoms with Crippen LogP contribution < -0.4 is 5.32 Å². The van der Waals surface area contributed by atoms with Crippen LogP contribution in [-0.2, 0) is 9.53 Å². The number of rotatable bonds is 6. The molecule has 0 unspecified atom stereocenters. The Morgan fingerprint density at radius 2 is 1.91 bits per heavy atom. The van der Waals surface area contributed by atoms with E-state index in [1.807, 2.05) is 19.1 Å². The van der Waals surface area contributed by atoms with Gasteiger partial charge in [0.1, 0.15) is 14.7 Å². The lowest BCUT2D eigenvalue weighted by Gasteiger charge is -2.06. The van der Waals surface area contributed by atoms with Crippen LogP contribution in [0.1, 0.15) is 15.4 Å². The van der Waals surface area contributed by atoms with Gasteiger partial charge in [-0.2, -0.15) is 5.10 Å². The van der Waals surface area contributed by atoms with Gasteiger partial charge in [-0.05, 0) is 49.4 Å². The van der Waals surface area contributed by atoms with Gasteiger partial charge in [0, 0.05) is 22.2 Å². The standard InChI is InChI=1S/C21H14Cl2N4O5S/c1-11-15-9-18(33-20(15)26(25-11)14-5-2-12(22)3-6-14)21(29)32-10-19(28)24-13-4-7-16(23)17(8-13)27(30)31/h2-9H,10H2,1H3,(H,24,28). The smallest absolute Gasteiger partial charge is 0.348 e. The molecule has 0 aliphatic heterocycles. The maximum absolute atomic E-state index is 12.5. The van der Waals surface area contributed by atoms with Crippen molar-refractivity contribution in [3.05, 3.63) is 79.3 Å². The van der Waals surface area contributed by atoms with Gasteiger partial charge >= 0.3 is 5.97 Å². The number of hydrogen-bond acceptors (Lipinski definition) is 7. The van der Waals surface area contributed by atoms with Crippen LogP contribution in [0.5, 0.6) is 0 Å². The van der Waals surface area contributed by atoms with Gasteiger partial charge in [0.2, 0.25) is 0 Å². The van der Waals surface area contributed by atoms with Gasteiger partial charge in [0.25, 0.3) is 11.6 Å². The van der Waals surface area contributed by atoms with Gasteiger partial charge in [0.15, 0.2) is 6.61 Å². The van der Waals surface area contributed by atoms with Crippen molar-refractivity contribution >= 4 is 68.0 Å². The Hall–Kier alpha value is -3.47. The number of hydrogen-bond donors (Lipinski definition) is 1. The highest BCUT2D eigenvalue weighted by Gasteiger charge is 2.19. The predicted octanol–water partition coefficient (Wildman–Crippen LogP) is 5.41. The monoisotopic (exact) mass is 504 g/mol. The van der Waals surface area contributed by atoms with Crippen LogP contribution in [0, 0.1) is 17.0 Å². The summed E-state index contributed by atoms with van der Waals surface area (Å²) in [4.78, 5) is 36.0. The number of aryl methyl sites for hydroxylation is 1. The van der Waals surface area contributed by atoms with Crippen LogP contribution >= 0.6 is 34.5 Å². The Kier molecular flexibility index (Phi) is 6.32. The van der Waals surface area contributed by atoms with Gasteiger partial charge in [-0.3, -0.25) is 14.9 Å². The van der Waals surface area contributed by atoms with Gasteiger partial charge in [-0.25, -0.2) is 9.48 Å². The Balaban J connectivity index is 1.45. The van der Waals surface area contributed by atoms with Crippen molar-refractivity contribution in [2.45, 2.75) is 6.92 Å². The zero-order valence-corrected chi connectivity index (χ0v) is 19.2. The minimum absolute atomic E-state index is 0.0540. The second-order valence-electron chi connectivity index (χ2n) is 6.85. The molecule has 0 fully saturated rings. The zero-order valence-electron chi connectivity index (χ0n) is 16.9. The number of halogens is 2. The fourth-order valence-corrected chi connectivity index (χ4v) is 4.42. The lowest BCUT2D eigenvalue weighted by Crippen LogP contribution is -2.20. The zero-order chi connectivity index (χ0) is 23.7. The van der Waals surface area contributed by atoms with E-state index < -0.39 is 23.4 Å². The van der Waals surface area contributed by atoms with Crippen molar-refractivity contribution in [2.75, 3.05) is 11.9 Å². The van der Waals surface area contributed by atoms with E-state index in [1.165, 1.54) is 23.5 Å². The fourth-order valence-electron chi connectivity index (χ4n) is 3.03. The van der Waals surface area contributed by atoms with E-state index in [-0.39, 0.29) is 16.4 Å². The summed E-state index contributed by atoms with van der Waals surface area (Å²) in [6.45, 7) is 1.27. The first-order chi connectivity index (χ1) is 15.7. The molecule has 9 nitrogen and oxygen atoms in total. The summed E-state index contributed by atoms with van der Waals surface area (Å²) in [5.41, 5.74) is 1.34. The number of aromatic nitrogens is 2. The van der Waals surface area contributed by atoms with Crippen molar-refractivity contribution in [3.63, 3.8) is 0 Å². The fraction of sp³-hybridized carbons (Fsp3) is 0.0952. The molecule has 168 valence electrons. The highest BCUT2D eigenvalue weighted by Crippen LogP contribution is 2.31. The van der Waals surface area contributed by atoms with E-state index in [4.69, 9.17) is 27.9 Å². The number of fused-ring (bicyclic) bond motifs is 1. The summed E-state index contributed by atoms with van der Waals surface area (Å²) in [5.74, 6) is -1.32. The molecule has 1 amide bonds. The van der Waals surface area contributed by atoms with Gasteiger partial charge in [0.05, 0.1) is 16.3 Å². The molecule has 0 spiro atoms. The number of nitrogens with one attached hydrogen (secondary N) is 1. The predicted molar refractivity (Wildman–Crippen MR) is 126 cm³/mol. The molecule has 0 radical (unpaired) electrons. The number of amides is 1. The number of thiophene rings is 1. The minimum Gasteiger partial charge on any atom is -0.451 e. The summed E-state index contributed by atoms with van der Waals surface area (Å²) < 4.78 is 6.83. The van der Waals surface area contributed by atoms with Crippen LogP contribution in [0.15, 0.2) is 48.5 Å². The van der Waals surface area contributed by atoms with Crippen molar-refractivity contribution in [3.8, 4) is 5.69 Å². The normalized spacial score (nSPS) is 10.9. The largest absolute Gasteiger partial charge is 0.451 e. The van der Waals surface area contributed by atoms with E-state index in [0.29, 0.717) is 9.90 Å². The summed E-state index contributed by atoms with van der Waals surface area (Å²) in [6.07, 6.45) is 0. The number of carbonyl (C=O) groups excluding carboxylic acids is 2. The summed E-state index contributed by atoms with van der Waals surface area (Å²) in [5, 5.41) is 19.2. The van der Waals surface area contributed by atoms with E-state index in [0.717, 1.165) is 27.7 Å². The Labute approximate surface area is 200 Å². The summed E-state index contributed by atoms with van der Waals surface area (Å²) >= 11 is 12.9. The molecule has 33 heavy (non-hydrogen) atoms. The molecule has 0 bridgehead atoms. The number of benzene rings is 2. The minimum atomic E-state index is -0.671. The molecular formula is C21H14Cl2N4O5S. The van der Waals surface area contributed by atoms with E-state index >= 15 is 0 Å². The number of anilines is 1. The molecular weight excluding hydrogens is 491 g/mol. The lowest BCUT2D eigenvalue weighted by molar-refractivity contribution is -0.384. The number of nitro groups is 1. The molecule has 12 heteroatoms. The third-order valence-electron chi connectivity index (χ3n) is 4.58. The highest BCUT2D eigenvalue weighted by atomic mass is 35.5. The molecule has 0 saturated carbocycles. The Morgan fingerprint density at radius 3 is 2.61 bits per heavy atom. The van der Waals surface area contributed by atoms with Crippen LogP contribution in [0.2, 0.25) is 10.0 Å². The Bertz CT molecular complexity index is 1400.